The molecule has 0 heterocycles. The van der Waals surface area contributed by atoms with Crippen LogP contribution >= 0.6 is 0 Å². The van der Waals surface area contributed by atoms with Crippen LogP contribution in [0.15, 0.2) is 12.8 Å². The predicted octanol–water partition coefficient (Wildman–Crippen LogP) is 5.56. The minimum atomic E-state index is -0.400. The van der Waals surface area contributed by atoms with Gasteiger partial charge in [0, 0.05) is 0 Å². The van der Waals surface area contributed by atoms with Gasteiger partial charge in [0.05, 0.1) is 6.61 Å². The average molecular weight is 283 g/mol. The summed E-state index contributed by atoms with van der Waals surface area (Å²) in [5, 5.41) is 2.39. The molecule has 1 amide bonds. The Morgan fingerprint density at radius 2 is 1.35 bits per heavy atom. The summed E-state index contributed by atoms with van der Waals surface area (Å²) in [6, 6.07) is 0. The maximum atomic E-state index is 10.9. The van der Waals surface area contributed by atoms with Crippen molar-refractivity contribution in [2.75, 3.05) is 6.61 Å². The molecule has 0 bridgehead atoms. The third-order valence-corrected chi connectivity index (χ3v) is 3.45. The van der Waals surface area contributed by atoms with E-state index in [1.54, 1.807) is 0 Å². The Hall–Kier alpha value is -0.990. The summed E-state index contributed by atoms with van der Waals surface area (Å²) >= 11 is 0. The summed E-state index contributed by atoms with van der Waals surface area (Å²) in [7, 11) is 0. The van der Waals surface area contributed by atoms with Gasteiger partial charge in [-0.15, -0.1) is 0 Å². The van der Waals surface area contributed by atoms with E-state index >= 15 is 0 Å². The highest BCUT2D eigenvalue weighted by Gasteiger charge is 1.97. The van der Waals surface area contributed by atoms with Crippen LogP contribution in [0.4, 0.5) is 4.79 Å². The first-order chi connectivity index (χ1) is 9.81. The molecular formula is C17H33NO2. The second-order valence-electron chi connectivity index (χ2n) is 5.37. The molecule has 0 rings (SSSR count). The number of amides is 1. The van der Waals surface area contributed by atoms with Gasteiger partial charge < -0.3 is 4.74 Å². The van der Waals surface area contributed by atoms with Crippen LogP contribution < -0.4 is 5.32 Å². The van der Waals surface area contributed by atoms with Crippen LogP contribution in [0.25, 0.3) is 0 Å². The Morgan fingerprint density at radius 1 is 0.900 bits per heavy atom. The van der Waals surface area contributed by atoms with Crippen LogP contribution in [-0.4, -0.2) is 12.7 Å². The van der Waals surface area contributed by atoms with Crippen molar-refractivity contribution in [1.82, 2.24) is 5.32 Å². The van der Waals surface area contributed by atoms with Gasteiger partial charge in [0.25, 0.3) is 0 Å². The summed E-state index contributed by atoms with van der Waals surface area (Å²) < 4.78 is 4.95. The normalized spacial score (nSPS) is 10.2. The maximum Gasteiger partial charge on any atom is 0.411 e. The SMILES string of the molecule is C=CNC(=O)OCCCCCCCCCCCCCC. The Kier molecular flexibility index (Phi) is 15.3. The number of carbonyl (C=O) groups excluding carboxylic acids is 1. The minimum absolute atomic E-state index is 0.400. The fourth-order valence-electron chi connectivity index (χ4n) is 2.23. The monoisotopic (exact) mass is 283 g/mol. The van der Waals surface area contributed by atoms with Gasteiger partial charge in [-0.2, -0.15) is 0 Å². The zero-order valence-corrected chi connectivity index (χ0v) is 13.3. The fourth-order valence-corrected chi connectivity index (χ4v) is 2.23. The Labute approximate surface area is 125 Å². The Balaban J connectivity index is 3.02. The summed E-state index contributed by atoms with van der Waals surface area (Å²) in [5.74, 6) is 0. The fraction of sp³-hybridized carbons (Fsp3) is 0.824. The van der Waals surface area contributed by atoms with Crippen molar-refractivity contribution in [2.24, 2.45) is 0 Å². The average Bonchev–Trinajstić information content (AvgIpc) is 2.44. The molecule has 0 atom stereocenters. The molecule has 0 aliphatic rings. The lowest BCUT2D eigenvalue weighted by molar-refractivity contribution is 0.147. The van der Waals surface area contributed by atoms with E-state index < -0.39 is 6.09 Å². The molecule has 118 valence electrons. The first kappa shape index (κ1) is 19.0. The van der Waals surface area contributed by atoms with Crippen LogP contribution in [0.1, 0.15) is 84.0 Å². The van der Waals surface area contributed by atoms with Gasteiger partial charge in [0.2, 0.25) is 0 Å². The van der Waals surface area contributed by atoms with E-state index in [9.17, 15) is 4.79 Å². The largest absolute Gasteiger partial charge is 0.449 e. The molecule has 0 aromatic rings. The number of unbranched alkanes of at least 4 members (excludes halogenated alkanes) is 11. The summed E-state index contributed by atoms with van der Waals surface area (Å²) in [5.41, 5.74) is 0. The molecule has 1 N–H and O–H groups in total. The topological polar surface area (TPSA) is 38.3 Å². The van der Waals surface area contributed by atoms with E-state index in [0.717, 1.165) is 12.8 Å². The van der Waals surface area contributed by atoms with E-state index in [1.807, 2.05) is 0 Å². The number of rotatable bonds is 14. The van der Waals surface area contributed by atoms with Gasteiger partial charge in [-0.3, -0.25) is 5.32 Å². The van der Waals surface area contributed by atoms with Crippen molar-refractivity contribution >= 4 is 6.09 Å². The number of hydrogen-bond donors (Lipinski definition) is 1. The number of carbonyl (C=O) groups is 1. The molecule has 3 nitrogen and oxygen atoms in total. The molecular weight excluding hydrogens is 250 g/mol. The predicted molar refractivity (Wildman–Crippen MR) is 85.8 cm³/mol. The highest BCUT2D eigenvalue weighted by Crippen LogP contribution is 2.11. The molecule has 0 aromatic carbocycles. The summed E-state index contributed by atoms with van der Waals surface area (Å²) in [4.78, 5) is 10.9. The quantitative estimate of drug-likeness (QED) is 0.424. The van der Waals surface area contributed by atoms with E-state index in [1.165, 1.54) is 70.4 Å². The van der Waals surface area contributed by atoms with Crippen LogP contribution in [0.5, 0.6) is 0 Å². The van der Waals surface area contributed by atoms with E-state index in [0.29, 0.717) is 6.61 Å². The van der Waals surface area contributed by atoms with Crippen molar-refractivity contribution in [3.8, 4) is 0 Å². The maximum absolute atomic E-state index is 10.9. The van der Waals surface area contributed by atoms with Gasteiger partial charge in [-0.1, -0.05) is 84.1 Å². The van der Waals surface area contributed by atoms with Crippen LogP contribution in [0, 0.1) is 0 Å². The highest BCUT2D eigenvalue weighted by atomic mass is 16.5. The second-order valence-corrected chi connectivity index (χ2v) is 5.37. The molecule has 0 saturated carbocycles. The third kappa shape index (κ3) is 15.1. The second kappa shape index (κ2) is 16.1. The van der Waals surface area contributed by atoms with E-state index in [-0.39, 0.29) is 0 Å². The van der Waals surface area contributed by atoms with Crippen LogP contribution in [0.3, 0.4) is 0 Å². The molecule has 20 heavy (non-hydrogen) atoms. The molecule has 0 spiro atoms. The molecule has 0 unspecified atom stereocenters. The first-order valence-corrected chi connectivity index (χ1v) is 8.35. The van der Waals surface area contributed by atoms with Gasteiger partial charge in [-0.25, -0.2) is 4.79 Å². The van der Waals surface area contributed by atoms with Gasteiger partial charge in [-0.05, 0) is 12.6 Å². The zero-order valence-electron chi connectivity index (χ0n) is 13.3. The third-order valence-electron chi connectivity index (χ3n) is 3.45. The van der Waals surface area contributed by atoms with E-state index in [4.69, 9.17) is 4.74 Å². The molecule has 3 heteroatoms. The smallest absolute Gasteiger partial charge is 0.411 e. The van der Waals surface area contributed by atoms with Gasteiger partial charge in [0.15, 0.2) is 0 Å². The summed E-state index contributed by atoms with van der Waals surface area (Å²) in [6.45, 7) is 6.17. The van der Waals surface area contributed by atoms with Crippen LogP contribution in [-0.2, 0) is 4.74 Å². The lowest BCUT2D eigenvalue weighted by atomic mass is 10.1. The lowest BCUT2D eigenvalue weighted by Gasteiger charge is -2.04. The molecule has 0 saturated heterocycles. The molecule has 0 aromatic heterocycles. The zero-order chi connectivity index (χ0) is 14.9. The summed E-state index contributed by atoms with van der Waals surface area (Å²) in [6.07, 6.45) is 16.7. The van der Waals surface area contributed by atoms with E-state index in [2.05, 4.69) is 18.8 Å². The highest BCUT2D eigenvalue weighted by molar-refractivity contribution is 5.68. The Morgan fingerprint density at radius 3 is 1.80 bits per heavy atom. The molecule has 0 radical (unpaired) electrons. The number of nitrogens with one attached hydrogen (secondary N) is 1. The van der Waals surface area contributed by atoms with Crippen molar-refractivity contribution in [1.29, 1.82) is 0 Å². The standard InChI is InChI=1S/C17H33NO2/c1-3-5-6-7-8-9-10-11-12-13-14-15-16-20-17(19)18-4-2/h4H,2-3,5-16H2,1H3,(H,18,19). The Bertz CT molecular complexity index is 229. The minimum Gasteiger partial charge on any atom is -0.449 e. The van der Waals surface area contributed by atoms with Crippen molar-refractivity contribution in [2.45, 2.75) is 84.0 Å². The molecule has 0 aliphatic heterocycles. The van der Waals surface area contributed by atoms with Crippen molar-refractivity contribution in [3.63, 3.8) is 0 Å². The molecule has 0 fully saturated rings. The molecule has 0 aliphatic carbocycles. The van der Waals surface area contributed by atoms with Crippen molar-refractivity contribution < 1.29 is 9.53 Å². The number of alkyl carbamates (subject to hydrolysis) is 1. The number of hydrogen-bond acceptors (Lipinski definition) is 2. The van der Waals surface area contributed by atoms with Crippen molar-refractivity contribution in [3.05, 3.63) is 12.8 Å². The van der Waals surface area contributed by atoms with Gasteiger partial charge in [0.1, 0.15) is 0 Å². The lowest BCUT2D eigenvalue weighted by Crippen LogP contribution is -2.18. The first-order valence-electron chi connectivity index (χ1n) is 8.35. The number of ether oxygens (including phenoxy) is 1. The van der Waals surface area contributed by atoms with Gasteiger partial charge >= 0.3 is 6.09 Å². The van der Waals surface area contributed by atoms with Crippen LogP contribution in [0.2, 0.25) is 0 Å².